The number of methoxy groups -OCH3 is 1. The predicted octanol–water partition coefficient (Wildman–Crippen LogP) is 1.64. The van der Waals surface area contributed by atoms with E-state index in [2.05, 4.69) is 0 Å². The summed E-state index contributed by atoms with van der Waals surface area (Å²) < 4.78 is 18.1. The number of amidine groups is 1. The molecule has 0 saturated carbocycles. The lowest BCUT2D eigenvalue weighted by Gasteiger charge is -2.07. The van der Waals surface area contributed by atoms with E-state index in [-0.39, 0.29) is 0 Å². The van der Waals surface area contributed by atoms with E-state index in [0.717, 1.165) is 0 Å². The topological polar surface area (TPSA) is 59.1 Å². The normalized spacial score (nSPS) is 12.2. The first-order valence-electron chi connectivity index (χ1n) is 3.77. The summed E-state index contributed by atoms with van der Waals surface area (Å²) >= 11 is 0. The molecule has 0 heterocycles. The fourth-order valence-electron chi connectivity index (χ4n) is 0.979. The zero-order chi connectivity index (χ0) is 9.84. The van der Waals surface area contributed by atoms with Gasteiger partial charge in [0.15, 0.2) is 6.17 Å². The van der Waals surface area contributed by atoms with Crippen LogP contribution in [0.1, 0.15) is 11.7 Å². The minimum absolute atomic E-state index is 0.340. The standard InChI is InChI=1S/C9H11FN2O/c1-13-7-4-2-3-6(5-7)8(10)9(11)12/h2-5,8H,1H3,(H3,11,12). The molecule has 0 aliphatic carbocycles. The van der Waals surface area contributed by atoms with E-state index < -0.39 is 12.0 Å². The van der Waals surface area contributed by atoms with Crippen molar-refractivity contribution in [2.24, 2.45) is 5.73 Å². The third-order valence-electron chi connectivity index (χ3n) is 1.66. The number of nitrogens with one attached hydrogen (secondary N) is 1. The smallest absolute Gasteiger partial charge is 0.181 e. The lowest BCUT2D eigenvalue weighted by molar-refractivity contribution is 0.407. The molecule has 4 heteroatoms. The summed E-state index contributed by atoms with van der Waals surface area (Å²) in [7, 11) is 1.50. The third-order valence-corrected chi connectivity index (χ3v) is 1.66. The first-order valence-corrected chi connectivity index (χ1v) is 3.77. The Morgan fingerprint density at radius 3 is 2.85 bits per heavy atom. The molecule has 0 saturated heterocycles. The Bertz CT molecular complexity index is 314. The molecule has 3 nitrogen and oxygen atoms in total. The highest BCUT2D eigenvalue weighted by molar-refractivity contribution is 5.83. The van der Waals surface area contributed by atoms with E-state index in [1.807, 2.05) is 0 Å². The Labute approximate surface area is 75.8 Å². The van der Waals surface area contributed by atoms with Crippen molar-refractivity contribution in [3.63, 3.8) is 0 Å². The Hall–Kier alpha value is -1.58. The summed E-state index contributed by atoms with van der Waals surface area (Å²) in [6.07, 6.45) is -1.55. The van der Waals surface area contributed by atoms with Crippen LogP contribution in [0.4, 0.5) is 4.39 Å². The van der Waals surface area contributed by atoms with Crippen LogP contribution in [0.3, 0.4) is 0 Å². The molecule has 0 amide bonds. The Balaban J connectivity index is 2.94. The van der Waals surface area contributed by atoms with Crippen LogP contribution in [0.2, 0.25) is 0 Å². The number of ether oxygens (including phenoxy) is 1. The molecule has 1 aromatic carbocycles. The van der Waals surface area contributed by atoms with Crippen LogP contribution in [-0.2, 0) is 0 Å². The van der Waals surface area contributed by atoms with E-state index >= 15 is 0 Å². The van der Waals surface area contributed by atoms with Crippen molar-refractivity contribution in [3.05, 3.63) is 29.8 Å². The summed E-state index contributed by atoms with van der Waals surface area (Å²) in [5.41, 5.74) is 5.37. The van der Waals surface area contributed by atoms with Crippen molar-refractivity contribution >= 4 is 5.84 Å². The highest BCUT2D eigenvalue weighted by Crippen LogP contribution is 2.21. The maximum atomic E-state index is 13.2. The first kappa shape index (κ1) is 9.51. The predicted molar refractivity (Wildman–Crippen MR) is 48.8 cm³/mol. The fraction of sp³-hybridized carbons (Fsp3) is 0.222. The number of alkyl halides is 1. The highest BCUT2D eigenvalue weighted by Gasteiger charge is 2.12. The maximum Gasteiger partial charge on any atom is 0.181 e. The minimum Gasteiger partial charge on any atom is -0.497 e. The molecule has 1 aromatic rings. The van der Waals surface area contributed by atoms with E-state index in [0.29, 0.717) is 11.3 Å². The summed E-state index contributed by atoms with van der Waals surface area (Å²) in [5.74, 6) is 0.0645. The van der Waals surface area contributed by atoms with Crippen LogP contribution in [0.25, 0.3) is 0 Å². The molecular formula is C9H11FN2O. The quantitative estimate of drug-likeness (QED) is 0.551. The minimum atomic E-state index is -1.55. The third kappa shape index (κ3) is 2.18. The van der Waals surface area contributed by atoms with E-state index in [9.17, 15) is 4.39 Å². The lowest BCUT2D eigenvalue weighted by atomic mass is 10.1. The van der Waals surface area contributed by atoms with Crippen molar-refractivity contribution in [2.75, 3.05) is 7.11 Å². The number of halogens is 1. The van der Waals surface area contributed by atoms with Crippen molar-refractivity contribution in [3.8, 4) is 5.75 Å². The Morgan fingerprint density at radius 2 is 2.31 bits per heavy atom. The van der Waals surface area contributed by atoms with Crippen molar-refractivity contribution < 1.29 is 9.13 Å². The number of nitrogens with two attached hydrogens (primary N) is 1. The number of hydrogen-bond acceptors (Lipinski definition) is 2. The molecule has 0 fully saturated rings. The van der Waals surface area contributed by atoms with Gasteiger partial charge in [-0.3, -0.25) is 5.41 Å². The zero-order valence-corrected chi connectivity index (χ0v) is 7.25. The van der Waals surface area contributed by atoms with Gasteiger partial charge in [-0.2, -0.15) is 0 Å². The van der Waals surface area contributed by atoms with Crippen molar-refractivity contribution in [1.29, 1.82) is 5.41 Å². The molecule has 0 radical (unpaired) electrons. The first-order chi connectivity index (χ1) is 6.15. The summed E-state index contributed by atoms with van der Waals surface area (Å²) in [6.45, 7) is 0. The summed E-state index contributed by atoms with van der Waals surface area (Å²) in [6, 6.07) is 6.45. The molecule has 1 rings (SSSR count). The largest absolute Gasteiger partial charge is 0.497 e. The van der Waals surface area contributed by atoms with Gasteiger partial charge in [-0.15, -0.1) is 0 Å². The van der Waals surface area contributed by atoms with Gasteiger partial charge in [0.25, 0.3) is 0 Å². The van der Waals surface area contributed by atoms with Gasteiger partial charge in [-0.1, -0.05) is 12.1 Å². The average Bonchev–Trinajstić information content (AvgIpc) is 2.16. The molecular weight excluding hydrogens is 171 g/mol. The van der Waals surface area contributed by atoms with E-state index in [1.165, 1.54) is 13.2 Å². The molecule has 70 valence electrons. The molecule has 0 aliphatic heterocycles. The van der Waals surface area contributed by atoms with E-state index in [4.69, 9.17) is 15.9 Å². The molecule has 0 aliphatic rings. The fourth-order valence-corrected chi connectivity index (χ4v) is 0.979. The Morgan fingerprint density at radius 1 is 1.62 bits per heavy atom. The maximum absolute atomic E-state index is 13.2. The van der Waals surface area contributed by atoms with Crippen LogP contribution in [0.5, 0.6) is 5.75 Å². The van der Waals surface area contributed by atoms with E-state index in [1.54, 1.807) is 18.2 Å². The number of rotatable bonds is 3. The van der Waals surface area contributed by atoms with Gasteiger partial charge in [0.05, 0.1) is 7.11 Å². The van der Waals surface area contributed by atoms with Crippen LogP contribution in [-0.4, -0.2) is 12.9 Å². The Kier molecular flexibility index (Phi) is 2.84. The zero-order valence-electron chi connectivity index (χ0n) is 7.25. The molecule has 0 bridgehead atoms. The average molecular weight is 182 g/mol. The molecule has 1 unspecified atom stereocenters. The number of benzene rings is 1. The molecule has 1 atom stereocenters. The molecule has 0 spiro atoms. The van der Waals surface area contributed by atoms with Crippen LogP contribution in [0.15, 0.2) is 24.3 Å². The highest BCUT2D eigenvalue weighted by atomic mass is 19.1. The van der Waals surface area contributed by atoms with Gasteiger partial charge in [-0.25, -0.2) is 4.39 Å². The molecule has 3 N–H and O–H groups in total. The number of hydrogen-bond donors (Lipinski definition) is 2. The van der Waals surface area contributed by atoms with Gasteiger partial charge in [0.2, 0.25) is 0 Å². The molecule has 13 heavy (non-hydrogen) atoms. The van der Waals surface area contributed by atoms with Gasteiger partial charge in [-0.05, 0) is 17.7 Å². The van der Waals surface area contributed by atoms with Gasteiger partial charge < -0.3 is 10.5 Å². The second-order valence-electron chi connectivity index (χ2n) is 2.59. The van der Waals surface area contributed by atoms with Crippen molar-refractivity contribution in [2.45, 2.75) is 6.17 Å². The van der Waals surface area contributed by atoms with Gasteiger partial charge in [0.1, 0.15) is 11.6 Å². The van der Waals surface area contributed by atoms with Gasteiger partial charge in [0, 0.05) is 0 Å². The second kappa shape index (κ2) is 3.89. The van der Waals surface area contributed by atoms with Crippen molar-refractivity contribution in [1.82, 2.24) is 0 Å². The van der Waals surface area contributed by atoms with Crippen LogP contribution in [0, 0.1) is 5.41 Å². The van der Waals surface area contributed by atoms with Gasteiger partial charge >= 0.3 is 0 Å². The van der Waals surface area contributed by atoms with Crippen LogP contribution < -0.4 is 10.5 Å². The monoisotopic (exact) mass is 182 g/mol. The lowest BCUT2D eigenvalue weighted by Crippen LogP contribution is -2.16. The summed E-state index contributed by atoms with van der Waals surface area (Å²) in [4.78, 5) is 0. The molecule has 0 aromatic heterocycles. The summed E-state index contributed by atoms with van der Waals surface area (Å²) in [5, 5.41) is 6.93. The second-order valence-corrected chi connectivity index (χ2v) is 2.59. The SMILES string of the molecule is COc1cccc(C(F)C(=N)N)c1. The van der Waals surface area contributed by atoms with Crippen LogP contribution >= 0.6 is 0 Å².